The summed E-state index contributed by atoms with van der Waals surface area (Å²) in [4.78, 5) is 0. The second kappa shape index (κ2) is 7.67. The molecule has 0 unspecified atom stereocenters. The summed E-state index contributed by atoms with van der Waals surface area (Å²) in [5, 5.41) is 12.4. The first-order valence-corrected chi connectivity index (χ1v) is 7.68. The van der Waals surface area contributed by atoms with Gasteiger partial charge in [-0.1, -0.05) is 18.2 Å². The fourth-order valence-electron chi connectivity index (χ4n) is 2.10. The normalized spacial score (nSPS) is 19.7. The van der Waals surface area contributed by atoms with Crippen molar-refractivity contribution in [3.05, 3.63) is 29.8 Å². The number of aliphatic hydroxyl groups is 1. The van der Waals surface area contributed by atoms with Crippen molar-refractivity contribution in [1.29, 1.82) is 0 Å². The van der Waals surface area contributed by atoms with E-state index in [0.29, 0.717) is 12.6 Å². The summed E-state index contributed by atoms with van der Waals surface area (Å²) in [6, 6.07) is 8.65. The lowest BCUT2D eigenvalue weighted by molar-refractivity contribution is 0.200. The predicted octanol–water partition coefficient (Wildman–Crippen LogP) is 2.04. The largest absolute Gasteiger partial charge is 0.491 e. The molecule has 2 N–H and O–H groups in total. The Morgan fingerprint density at radius 2 is 2.28 bits per heavy atom. The van der Waals surface area contributed by atoms with Crippen molar-refractivity contribution in [2.45, 2.75) is 25.4 Å². The zero-order valence-corrected chi connectivity index (χ0v) is 11.4. The molecule has 0 spiro atoms. The summed E-state index contributed by atoms with van der Waals surface area (Å²) in [6.07, 6.45) is 2.58. The Morgan fingerprint density at radius 1 is 1.39 bits per heavy atom. The molecule has 100 valence electrons. The van der Waals surface area contributed by atoms with Gasteiger partial charge in [0, 0.05) is 23.9 Å². The van der Waals surface area contributed by atoms with Crippen LogP contribution in [0.25, 0.3) is 0 Å². The molecule has 0 amide bonds. The molecular formula is C14H21NO2S. The van der Waals surface area contributed by atoms with Crippen molar-refractivity contribution < 1.29 is 9.84 Å². The fraction of sp³-hybridized carbons (Fsp3) is 0.571. The number of hydrogen-bond donors (Lipinski definition) is 2. The predicted molar refractivity (Wildman–Crippen MR) is 76.2 cm³/mol. The van der Waals surface area contributed by atoms with Gasteiger partial charge in [0.1, 0.15) is 12.4 Å². The molecule has 0 radical (unpaired) electrons. The lowest BCUT2D eigenvalue weighted by atomic mass is 10.1. The number of para-hydroxylation sites is 1. The third kappa shape index (κ3) is 4.19. The van der Waals surface area contributed by atoms with E-state index in [9.17, 15) is 0 Å². The van der Waals surface area contributed by atoms with Crippen LogP contribution in [-0.4, -0.2) is 35.9 Å². The van der Waals surface area contributed by atoms with Crippen LogP contribution in [-0.2, 0) is 6.54 Å². The van der Waals surface area contributed by atoms with E-state index in [1.165, 1.54) is 29.9 Å². The Kier molecular flexibility index (Phi) is 5.84. The highest BCUT2D eigenvalue weighted by Crippen LogP contribution is 2.20. The summed E-state index contributed by atoms with van der Waals surface area (Å²) in [6.45, 7) is 1.25. The Labute approximate surface area is 113 Å². The van der Waals surface area contributed by atoms with Gasteiger partial charge >= 0.3 is 0 Å². The second-order valence-electron chi connectivity index (χ2n) is 4.47. The molecule has 0 aromatic heterocycles. The van der Waals surface area contributed by atoms with Crippen LogP contribution in [0.5, 0.6) is 5.75 Å². The van der Waals surface area contributed by atoms with Crippen LogP contribution in [0, 0.1) is 0 Å². The van der Waals surface area contributed by atoms with Gasteiger partial charge in [-0.25, -0.2) is 0 Å². The topological polar surface area (TPSA) is 41.5 Å². The number of thioether (sulfide) groups is 1. The maximum atomic E-state index is 8.81. The Bertz CT molecular complexity index is 353. The minimum atomic E-state index is 0.0566. The van der Waals surface area contributed by atoms with Crippen molar-refractivity contribution >= 4 is 11.8 Å². The monoisotopic (exact) mass is 267 g/mol. The number of aliphatic hydroxyl groups excluding tert-OH is 1. The van der Waals surface area contributed by atoms with E-state index in [1.807, 2.05) is 30.0 Å². The van der Waals surface area contributed by atoms with Crippen molar-refractivity contribution in [1.82, 2.24) is 5.32 Å². The quantitative estimate of drug-likeness (QED) is 0.827. The minimum absolute atomic E-state index is 0.0566. The molecular weight excluding hydrogens is 246 g/mol. The molecule has 1 saturated heterocycles. The van der Waals surface area contributed by atoms with E-state index >= 15 is 0 Å². The molecule has 1 heterocycles. The highest BCUT2D eigenvalue weighted by molar-refractivity contribution is 7.99. The van der Waals surface area contributed by atoms with Crippen LogP contribution in [0.2, 0.25) is 0 Å². The standard InChI is InChI=1S/C14H21NO2S/c16-7-8-17-14-6-2-1-4-12(14)10-15-13-5-3-9-18-11-13/h1-2,4,6,13,15-16H,3,5,7-11H2/t13-/m1/s1. The number of nitrogens with one attached hydrogen (secondary N) is 1. The molecule has 0 bridgehead atoms. The minimum Gasteiger partial charge on any atom is -0.491 e. The van der Waals surface area contributed by atoms with Gasteiger partial charge in [0.2, 0.25) is 0 Å². The molecule has 2 rings (SSSR count). The van der Waals surface area contributed by atoms with Gasteiger partial charge in [-0.15, -0.1) is 0 Å². The van der Waals surface area contributed by atoms with Crippen molar-refractivity contribution in [3.8, 4) is 5.75 Å². The van der Waals surface area contributed by atoms with Crippen molar-refractivity contribution in [2.75, 3.05) is 24.7 Å². The summed E-state index contributed by atoms with van der Waals surface area (Å²) in [5.41, 5.74) is 1.17. The summed E-state index contributed by atoms with van der Waals surface area (Å²) in [5.74, 6) is 3.39. The molecule has 1 fully saturated rings. The molecule has 1 aromatic rings. The molecule has 0 saturated carbocycles. The van der Waals surface area contributed by atoms with Gasteiger partial charge in [0.25, 0.3) is 0 Å². The number of rotatable bonds is 6. The van der Waals surface area contributed by atoms with Gasteiger partial charge in [-0.05, 0) is 24.7 Å². The van der Waals surface area contributed by atoms with Gasteiger partial charge in [0.15, 0.2) is 0 Å². The second-order valence-corrected chi connectivity index (χ2v) is 5.62. The average molecular weight is 267 g/mol. The van der Waals surface area contributed by atoms with Crippen LogP contribution in [0.1, 0.15) is 18.4 Å². The molecule has 0 aliphatic carbocycles. The third-order valence-corrected chi connectivity index (χ3v) is 4.28. The SMILES string of the molecule is OCCOc1ccccc1CN[C@@H]1CCCSC1. The highest BCUT2D eigenvalue weighted by atomic mass is 32.2. The van der Waals surface area contributed by atoms with Crippen LogP contribution in [0.15, 0.2) is 24.3 Å². The summed E-state index contributed by atoms with van der Waals surface area (Å²) >= 11 is 2.03. The molecule has 1 aromatic carbocycles. The average Bonchev–Trinajstić information content (AvgIpc) is 2.45. The zero-order chi connectivity index (χ0) is 12.6. The van der Waals surface area contributed by atoms with Gasteiger partial charge in [-0.3, -0.25) is 0 Å². The van der Waals surface area contributed by atoms with Crippen molar-refractivity contribution in [2.24, 2.45) is 0 Å². The van der Waals surface area contributed by atoms with Crippen molar-refractivity contribution in [3.63, 3.8) is 0 Å². The van der Waals surface area contributed by atoms with E-state index in [1.54, 1.807) is 0 Å². The van der Waals surface area contributed by atoms with Gasteiger partial charge in [-0.2, -0.15) is 11.8 Å². The Balaban J connectivity index is 1.87. The van der Waals surface area contributed by atoms with E-state index in [0.717, 1.165) is 12.3 Å². The molecule has 1 atom stereocenters. The first kappa shape index (κ1) is 13.7. The molecule has 3 nitrogen and oxygen atoms in total. The molecule has 18 heavy (non-hydrogen) atoms. The summed E-state index contributed by atoms with van der Waals surface area (Å²) < 4.78 is 5.53. The molecule has 1 aliphatic rings. The first-order chi connectivity index (χ1) is 8.90. The lowest BCUT2D eigenvalue weighted by Gasteiger charge is -2.23. The maximum absolute atomic E-state index is 8.81. The molecule has 4 heteroatoms. The van der Waals surface area contributed by atoms with Crippen LogP contribution in [0.3, 0.4) is 0 Å². The maximum Gasteiger partial charge on any atom is 0.123 e. The number of benzene rings is 1. The van der Waals surface area contributed by atoms with E-state index in [4.69, 9.17) is 9.84 Å². The first-order valence-electron chi connectivity index (χ1n) is 6.53. The van der Waals surface area contributed by atoms with Gasteiger partial charge < -0.3 is 15.2 Å². The third-order valence-electron chi connectivity index (χ3n) is 3.06. The fourth-order valence-corrected chi connectivity index (χ4v) is 3.21. The van der Waals surface area contributed by atoms with E-state index < -0.39 is 0 Å². The zero-order valence-electron chi connectivity index (χ0n) is 10.6. The highest BCUT2D eigenvalue weighted by Gasteiger charge is 2.13. The molecule has 1 aliphatic heterocycles. The van der Waals surface area contributed by atoms with Crippen LogP contribution < -0.4 is 10.1 Å². The number of hydrogen-bond acceptors (Lipinski definition) is 4. The Hall–Kier alpha value is -0.710. The van der Waals surface area contributed by atoms with Crippen LogP contribution >= 0.6 is 11.8 Å². The van der Waals surface area contributed by atoms with E-state index in [-0.39, 0.29) is 6.61 Å². The van der Waals surface area contributed by atoms with Crippen LogP contribution in [0.4, 0.5) is 0 Å². The smallest absolute Gasteiger partial charge is 0.123 e. The van der Waals surface area contributed by atoms with Gasteiger partial charge in [0.05, 0.1) is 6.61 Å². The lowest BCUT2D eigenvalue weighted by Crippen LogP contribution is -2.33. The number of ether oxygens (including phenoxy) is 1. The van der Waals surface area contributed by atoms with E-state index in [2.05, 4.69) is 11.4 Å². The summed E-state index contributed by atoms with van der Waals surface area (Å²) in [7, 11) is 0. The Morgan fingerprint density at radius 3 is 3.06 bits per heavy atom.